The Kier molecular flexibility index (Phi) is 3.67. The van der Waals surface area contributed by atoms with E-state index < -0.39 is 0 Å². The lowest BCUT2D eigenvalue weighted by Gasteiger charge is -2.13. The van der Waals surface area contributed by atoms with Gasteiger partial charge in [-0.1, -0.05) is 25.4 Å². The predicted octanol–water partition coefficient (Wildman–Crippen LogP) is 3.63. The molecule has 0 saturated carbocycles. The van der Waals surface area contributed by atoms with Crippen molar-refractivity contribution in [2.75, 3.05) is 5.73 Å². The number of nitrogens with zero attached hydrogens (tertiary/aromatic N) is 2. The minimum absolute atomic E-state index is 0.188. The van der Waals surface area contributed by atoms with E-state index in [2.05, 4.69) is 9.97 Å². The molecule has 4 nitrogen and oxygen atoms in total. The lowest BCUT2D eigenvalue weighted by atomic mass is 10.1. The third kappa shape index (κ3) is 2.71. The smallest absolute Gasteiger partial charge is 0.227 e. The fourth-order valence-electron chi connectivity index (χ4n) is 1.63. The molecule has 1 heterocycles. The van der Waals surface area contributed by atoms with Crippen LogP contribution < -0.4 is 10.5 Å². The van der Waals surface area contributed by atoms with Crippen LogP contribution in [0.2, 0.25) is 5.02 Å². The molecule has 2 aromatic rings. The highest BCUT2D eigenvalue weighted by atomic mass is 35.5. The van der Waals surface area contributed by atoms with E-state index in [4.69, 9.17) is 22.1 Å². The second kappa shape index (κ2) is 5.23. The van der Waals surface area contributed by atoms with Gasteiger partial charge in [-0.05, 0) is 30.2 Å². The van der Waals surface area contributed by atoms with Crippen LogP contribution in [0.25, 0.3) is 0 Å². The third-order valence-electron chi connectivity index (χ3n) is 2.48. The highest BCUT2D eigenvalue weighted by Crippen LogP contribution is 2.31. The summed E-state index contributed by atoms with van der Waals surface area (Å²) in [5, 5.41) is 0.661. The Balaban J connectivity index is 2.34. The Morgan fingerprint density at radius 3 is 2.44 bits per heavy atom. The molecule has 0 spiro atoms. The van der Waals surface area contributed by atoms with Gasteiger partial charge in [-0.15, -0.1) is 0 Å². The maximum Gasteiger partial charge on any atom is 0.227 e. The molecule has 94 valence electrons. The Morgan fingerprint density at radius 1 is 1.17 bits per heavy atom. The first-order chi connectivity index (χ1) is 8.58. The zero-order valence-corrected chi connectivity index (χ0v) is 11.0. The average molecular weight is 264 g/mol. The molecular weight excluding hydrogens is 250 g/mol. The van der Waals surface area contributed by atoms with Gasteiger partial charge in [0.1, 0.15) is 17.9 Å². The van der Waals surface area contributed by atoms with Crippen molar-refractivity contribution in [1.29, 1.82) is 0 Å². The van der Waals surface area contributed by atoms with Crippen LogP contribution in [0.3, 0.4) is 0 Å². The number of hydrogen-bond donors (Lipinski definition) is 1. The van der Waals surface area contributed by atoms with Crippen molar-refractivity contribution in [2.24, 2.45) is 0 Å². The molecule has 1 aromatic heterocycles. The molecule has 0 bridgehead atoms. The topological polar surface area (TPSA) is 61.0 Å². The number of hydrogen-bond acceptors (Lipinski definition) is 4. The molecule has 2 rings (SSSR count). The number of halogens is 1. The van der Waals surface area contributed by atoms with Gasteiger partial charge in [0.05, 0.1) is 5.56 Å². The van der Waals surface area contributed by atoms with Crippen molar-refractivity contribution in [3.63, 3.8) is 0 Å². The second-order valence-corrected chi connectivity index (χ2v) is 4.62. The predicted molar refractivity (Wildman–Crippen MR) is 72.1 cm³/mol. The van der Waals surface area contributed by atoms with Crippen LogP contribution in [-0.2, 0) is 0 Å². The van der Waals surface area contributed by atoms with E-state index in [1.54, 1.807) is 24.3 Å². The van der Waals surface area contributed by atoms with Crippen molar-refractivity contribution < 1.29 is 4.74 Å². The number of aromatic nitrogens is 2. The summed E-state index contributed by atoms with van der Waals surface area (Å²) in [5.41, 5.74) is 6.66. The van der Waals surface area contributed by atoms with Gasteiger partial charge in [-0.3, -0.25) is 0 Å². The molecule has 2 N–H and O–H groups in total. The van der Waals surface area contributed by atoms with E-state index in [1.165, 1.54) is 6.33 Å². The van der Waals surface area contributed by atoms with Gasteiger partial charge >= 0.3 is 0 Å². The summed E-state index contributed by atoms with van der Waals surface area (Å²) in [7, 11) is 0. The van der Waals surface area contributed by atoms with Crippen LogP contribution in [0.15, 0.2) is 30.6 Å². The number of nitrogens with two attached hydrogens (primary N) is 1. The first-order valence-electron chi connectivity index (χ1n) is 5.61. The van der Waals surface area contributed by atoms with Crippen LogP contribution in [0.1, 0.15) is 25.3 Å². The van der Waals surface area contributed by atoms with Crippen LogP contribution in [0.4, 0.5) is 5.82 Å². The second-order valence-electron chi connectivity index (χ2n) is 4.19. The highest BCUT2D eigenvalue weighted by Gasteiger charge is 2.14. The summed E-state index contributed by atoms with van der Waals surface area (Å²) in [6, 6.07) is 7.09. The zero-order chi connectivity index (χ0) is 13.1. The van der Waals surface area contributed by atoms with Gasteiger partial charge in [-0.25, -0.2) is 9.97 Å². The molecule has 0 aliphatic rings. The van der Waals surface area contributed by atoms with Crippen molar-refractivity contribution in [2.45, 2.75) is 19.8 Å². The summed E-state index contributed by atoms with van der Waals surface area (Å²) in [5.74, 6) is 1.79. The summed E-state index contributed by atoms with van der Waals surface area (Å²) < 4.78 is 5.72. The number of nitrogen functional groups attached to an aromatic ring is 1. The molecule has 5 heteroatoms. The molecule has 0 atom stereocenters. The Labute approximate surface area is 111 Å². The number of anilines is 1. The van der Waals surface area contributed by atoms with Crippen molar-refractivity contribution in [3.8, 4) is 11.6 Å². The van der Waals surface area contributed by atoms with E-state index in [0.29, 0.717) is 22.5 Å². The van der Waals surface area contributed by atoms with E-state index in [0.717, 1.165) is 5.56 Å². The van der Waals surface area contributed by atoms with Crippen molar-refractivity contribution in [1.82, 2.24) is 9.97 Å². The van der Waals surface area contributed by atoms with Gasteiger partial charge in [-0.2, -0.15) is 0 Å². The van der Waals surface area contributed by atoms with Gasteiger partial charge in [0.15, 0.2) is 0 Å². The van der Waals surface area contributed by atoms with E-state index >= 15 is 0 Å². The molecule has 0 unspecified atom stereocenters. The summed E-state index contributed by atoms with van der Waals surface area (Å²) >= 11 is 5.82. The van der Waals surface area contributed by atoms with Gasteiger partial charge in [0.2, 0.25) is 5.88 Å². The van der Waals surface area contributed by atoms with E-state index in [1.807, 2.05) is 13.8 Å². The van der Waals surface area contributed by atoms with Crippen molar-refractivity contribution >= 4 is 17.4 Å². The quantitative estimate of drug-likeness (QED) is 0.919. The number of ether oxygens (including phenoxy) is 1. The molecule has 0 amide bonds. The third-order valence-corrected chi connectivity index (χ3v) is 2.74. The van der Waals surface area contributed by atoms with Crippen LogP contribution in [-0.4, -0.2) is 9.97 Å². The van der Waals surface area contributed by atoms with E-state index in [-0.39, 0.29) is 5.92 Å². The molecule has 0 saturated heterocycles. The Morgan fingerprint density at radius 2 is 1.83 bits per heavy atom. The van der Waals surface area contributed by atoms with E-state index in [9.17, 15) is 0 Å². The zero-order valence-electron chi connectivity index (χ0n) is 10.2. The van der Waals surface area contributed by atoms with Gasteiger partial charge in [0, 0.05) is 5.02 Å². The number of rotatable bonds is 3. The molecular formula is C13H14ClN3O. The van der Waals surface area contributed by atoms with Crippen LogP contribution >= 0.6 is 11.6 Å². The fourth-order valence-corrected chi connectivity index (χ4v) is 1.76. The monoisotopic (exact) mass is 263 g/mol. The molecule has 1 aromatic carbocycles. The maximum atomic E-state index is 5.85. The molecule has 0 radical (unpaired) electrons. The molecule has 18 heavy (non-hydrogen) atoms. The van der Waals surface area contributed by atoms with Gasteiger partial charge in [0.25, 0.3) is 0 Å². The lowest BCUT2D eigenvalue weighted by Crippen LogP contribution is -2.04. The normalized spacial score (nSPS) is 10.7. The first kappa shape index (κ1) is 12.6. The average Bonchev–Trinajstić information content (AvgIpc) is 2.32. The van der Waals surface area contributed by atoms with Crippen LogP contribution in [0, 0.1) is 0 Å². The Hall–Kier alpha value is -1.81. The van der Waals surface area contributed by atoms with Crippen molar-refractivity contribution in [3.05, 3.63) is 41.2 Å². The highest BCUT2D eigenvalue weighted by molar-refractivity contribution is 6.30. The largest absolute Gasteiger partial charge is 0.439 e. The Bertz CT molecular complexity index is 540. The summed E-state index contributed by atoms with van der Waals surface area (Å²) in [4.78, 5) is 8.11. The summed E-state index contributed by atoms with van der Waals surface area (Å²) in [6.07, 6.45) is 1.40. The molecule has 0 aliphatic heterocycles. The minimum atomic E-state index is 0.188. The van der Waals surface area contributed by atoms with Gasteiger partial charge < -0.3 is 10.5 Å². The van der Waals surface area contributed by atoms with Crippen LogP contribution in [0.5, 0.6) is 11.6 Å². The number of benzene rings is 1. The lowest BCUT2D eigenvalue weighted by molar-refractivity contribution is 0.452. The molecule has 0 fully saturated rings. The standard InChI is InChI=1S/C13H14ClN3O/c1-8(2)11-12(15)16-7-17-13(11)18-10-5-3-9(14)4-6-10/h3-8H,1-2H3,(H2,15,16,17). The first-order valence-corrected chi connectivity index (χ1v) is 5.99. The molecule has 0 aliphatic carbocycles. The fraction of sp³-hybridized carbons (Fsp3) is 0.231. The SMILES string of the molecule is CC(C)c1c(N)ncnc1Oc1ccc(Cl)cc1. The minimum Gasteiger partial charge on any atom is -0.439 e. The maximum absolute atomic E-state index is 5.85. The summed E-state index contributed by atoms with van der Waals surface area (Å²) in [6.45, 7) is 4.04.